The Morgan fingerprint density at radius 3 is 2.73 bits per heavy atom. The summed E-state index contributed by atoms with van der Waals surface area (Å²) in [6.07, 6.45) is 0. The molecule has 5 heteroatoms. The summed E-state index contributed by atoms with van der Waals surface area (Å²) in [5, 5.41) is 10.2. The lowest BCUT2D eigenvalue weighted by molar-refractivity contribution is 0.0697. The fraction of sp³-hybridized carbons (Fsp3) is 0.0588. The predicted octanol–water partition coefficient (Wildman–Crippen LogP) is 4.17. The van der Waals surface area contributed by atoms with Crippen molar-refractivity contribution in [2.24, 2.45) is 0 Å². The van der Waals surface area contributed by atoms with Crippen LogP contribution >= 0.6 is 11.6 Å². The number of pyridine rings is 1. The fourth-order valence-corrected chi connectivity index (χ4v) is 2.33. The number of carboxylic acids is 1. The Morgan fingerprint density at radius 1 is 1.14 bits per heavy atom. The minimum absolute atomic E-state index is 0.126. The standard InChI is InChI=1S/C17H12ClNO3/c18-14-9-12(17(20)21)6-8-16(14)22-10-13-7-5-11-3-1-2-4-15(11)19-13/h1-9H,10H2,(H,20,21). The van der Waals surface area contributed by atoms with Crippen LogP contribution in [0, 0.1) is 0 Å². The minimum atomic E-state index is -1.02. The predicted molar refractivity (Wildman–Crippen MR) is 84.5 cm³/mol. The largest absolute Gasteiger partial charge is 0.486 e. The smallest absolute Gasteiger partial charge is 0.335 e. The van der Waals surface area contributed by atoms with Crippen LogP contribution in [-0.4, -0.2) is 16.1 Å². The molecule has 0 fully saturated rings. The SMILES string of the molecule is O=C(O)c1ccc(OCc2ccc3ccccc3n2)c(Cl)c1. The van der Waals surface area contributed by atoms with Crippen molar-refractivity contribution in [2.75, 3.05) is 0 Å². The fourth-order valence-electron chi connectivity index (χ4n) is 2.09. The average molecular weight is 314 g/mol. The van der Waals surface area contributed by atoms with Gasteiger partial charge in [-0.2, -0.15) is 0 Å². The van der Waals surface area contributed by atoms with Crippen LogP contribution in [0.1, 0.15) is 16.1 Å². The number of aromatic carboxylic acids is 1. The Kier molecular flexibility index (Phi) is 3.94. The van der Waals surface area contributed by atoms with Crippen molar-refractivity contribution in [1.82, 2.24) is 4.98 Å². The van der Waals surface area contributed by atoms with Crippen molar-refractivity contribution in [3.05, 3.63) is 70.9 Å². The van der Waals surface area contributed by atoms with Crippen LogP contribution in [-0.2, 0) is 6.61 Å². The highest BCUT2D eigenvalue weighted by molar-refractivity contribution is 6.32. The topological polar surface area (TPSA) is 59.4 Å². The third kappa shape index (κ3) is 3.02. The summed E-state index contributed by atoms with van der Waals surface area (Å²) in [5.74, 6) is -0.591. The van der Waals surface area contributed by atoms with E-state index in [4.69, 9.17) is 21.4 Å². The molecule has 0 aliphatic rings. The van der Waals surface area contributed by atoms with Crippen molar-refractivity contribution < 1.29 is 14.6 Å². The Balaban J connectivity index is 1.77. The van der Waals surface area contributed by atoms with Crippen LogP contribution in [0.3, 0.4) is 0 Å². The molecule has 1 heterocycles. The van der Waals surface area contributed by atoms with E-state index in [0.717, 1.165) is 16.6 Å². The van der Waals surface area contributed by atoms with Gasteiger partial charge in [0.15, 0.2) is 0 Å². The number of nitrogens with zero attached hydrogens (tertiary/aromatic N) is 1. The summed E-state index contributed by atoms with van der Waals surface area (Å²) < 4.78 is 5.62. The highest BCUT2D eigenvalue weighted by Gasteiger charge is 2.08. The summed E-state index contributed by atoms with van der Waals surface area (Å²) >= 11 is 6.03. The molecule has 0 saturated carbocycles. The van der Waals surface area contributed by atoms with Gasteiger partial charge in [-0.05, 0) is 30.3 Å². The molecule has 0 bridgehead atoms. The zero-order valence-corrected chi connectivity index (χ0v) is 12.2. The number of benzene rings is 2. The van der Waals surface area contributed by atoms with Crippen molar-refractivity contribution in [3.8, 4) is 5.75 Å². The van der Waals surface area contributed by atoms with Gasteiger partial charge in [0, 0.05) is 5.39 Å². The molecule has 22 heavy (non-hydrogen) atoms. The Bertz CT molecular complexity index is 848. The molecular weight excluding hydrogens is 302 g/mol. The number of halogens is 1. The number of para-hydroxylation sites is 1. The third-order valence-electron chi connectivity index (χ3n) is 3.21. The van der Waals surface area contributed by atoms with Gasteiger partial charge in [0.2, 0.25) is 0 Å². The summed E-state index contributed by atoms with van der Waals surface area (Å²) in [4.78, 5) is 15.4. The summed E-state index contributed by atoms with van der Waals surface area (Å²) in [5.41, 5.74) is 1.80. The number of ether oxygens (including phenoxy) is 1. The van der Waals surface area contributed by atoms with Crippen LogP contribution in [0.4, 0.5) is 0 Å². The lowest BCUT2D eigenvalue weighted by Gasteiger charge is -2.09. The zero-order valence-electron chi connectivity index (χ0n) is 11.5. The van der Waals surface area contributed by atoms with Crippen molar-refractivity contribution in [1.29, 1.82) is 0 Å². The van der Waals surface area contributed by atoms with E-state index >= 15 is 0 Å². The minimum Gasteiger partial charge on any atom is -0.486 e. The maximum atomic E-state index is 10.9. The van der Waals surface area contributed by atoms with Crippen LogP contribution in [0.15, 0.2) is 54.6 Å². The number of hydrogen-bond donors (Lipinski definition) is 1. The van der Waals surface area contributed by atoms with E-state index in [1.54, 1.807) is 6.07 Å². The van der Waals surface area contributed by atoms with Gasteiger partial charge in [-0.3, -0.25) is 0 Å². The van der Waals surface area contributed by atoms with E-state index in [0.29, 0.717) is 5.75 Å². The molecule has 0 aliphatic carbocycles. The second kappa shape index (κ2) is 6.03. The van der Waals surface area contributed by atoms with Crippen molar-refractivity contribution >= 4 is 28.5 Å². The first kappa shape index (κ1) is 14.4. The molecule has 0 amide bonds. The van der Waals surface area contributed by atoms with E-state index in [1.165, 1.54) is 12.1 Å². The molecule has 4 nitrogen and oxygen atoms in total. The normalized spacial score (nSPS) is 10.6. The molecule has 0 spiro atoms. The van der Waals surface area contributed by atoms with Gasteiger partial charge in [0.1, 0.15) is 12.4 Å². The van der Waals surface area contributed by atoms with E-state index in [-0.39, 0.29) is 17.2 Å². The second-order valence-electron chi connectivity index (χ2n) is 4.73. The number of carbonyl (C=O) groups is 1. The van der Waals surface area contributed by atoms with Crippen LogP contribution < -0.4 is 4.74 Å². The molecule has 3 rings (SSSR count). The van der Waals surface area contributed by atoms with Crippen LogP contribution in [0.2, 0.25) is 5.02 Å². The van der Waals surface area contributed by atoms with Gasteiger partial charge in [-0.25, -0.2) is 9.78 Å². The number of rotatable bonds is 4. The molecule has 110 valence electrons. The monoisotopic (exact) mass is 313 g/mol. The summed E-state index contributed by atoms with van der Waals surface area (Å²) in [6.45, 7) is 0.261. The van der Waals surface area contributed by atoms with Gasteiger partial charge in [-0.1, -0.05) is 35.9 Å². The Labute approximate surface area is 131 Å². The number of carboxylic acid groups (broad SMARTS) is 1. The highest BCUT2D eigenvalue weighted by Crippen LogP contribution is 2.26. The lowest BCUT2D eigenvalue weighted by Crippen LogP contribution is -2.00. The summed E-state index contributed by atoms with van der Waals surface area (Å²) in [7, 11) is 0. The van der Waals surface area contributed by atoms with Crippen molar-refractivity contribution in [3.63, 3.8) is 0 Å². The Morgan fingerprint density at radius 2 is 1.95 bits per heavy atom. The first-order chi connectivity index (χ1) is 10.6. The van der Waals surface area contributed by atoms with Crippen LogP contribution in [0.25, 0.3) is 10.9 Å². The Hall–Kier alpha value is -2.59. The number of fused-ring (bicyclic) bond motifs is 1. The maximum absolute atomic E-state index is 10.9. The second-order valence-corrected chi connectivity index (χ2v) is 5.14. The third-order valence-corrected chi connectivity index (χ3v) is 3.51. The van der Waals surface area contributed by atoms with E-state index in [1.807, 2.05) is 36.4 Å². The molecule has 0 radical (unpaired) electrons. The molecular formula is C17H12ClNO3. The van der Waals surface area contributed by atoms with Gasteiger partial charge < -0.3 is 9.84 Å². The number of hydrogen-bond acceptors (Lipinski definition) is 3. The molecule has 3 aromatic rings. The van der Waals surface area contributed by atoms with Gasteiger partial charge in [0.05, 0.1) is 21.8 Å². The van der Waals surface area contributed by atoms with Gasteiger partial charge in [-0.15, -0.1) is 0 Å². The first-order valence-electron chi connectivity index (χ1n) is 6.64. The zero-order chi connectivity index (χ0) is 15.5. The molecule has 0 saturated heterocycles. The van der Waals surface area contributed by atoms with E-state index in [9.17, 15) is 4.79 Å². The molecule has 0 atom stereocenters. The van der Waals surface area contributed by atoms with Crippen LogP contribution in [0.5, 0.6) is 5.75 Å². The molecule has 2 aromatic carbocycles. The maximum Gasteiger partial charge on any atom is 0.335 e. The van der Waals surface area contributed by atoms with E-state index < -0.39 is 5.97 Å². The molecule has 1 N–H and O–H groups in total. The molecule has 1 aromatic heterocycles. The van der Waals surface area contributed by atoms with Crippen molar-refractivity contribution in [2.45, 2.75) is 6.61 Å². The average Bonchev–Trinajstić information content (AvgIpc) is 2.53. The number of aromatic nitrogens is 1. The molecule has 0 unspecified atom stereocenters. The van der Waals surface area contributed by atoms with Gasteiger partial charge in [0.25, 0.3) is 0 Å². The highest BCUT2D eigenvalue weighted by atomic mass is 35.5. The quantitative estimate of drug-likeness (QED) is 0.785. The van der Waals surface area contributed by atoms with Gasteiger partial charge >= 0.3 is 5.97 Å². The first-order valence-corrected chi connectivity index (χ1v) is 7.01. The van der Waals surface area contributed by atoms with E-state index in [2.05, 4.69) is 4.98 Å². The lowest BCUT2D eigenvalue weighted by atomic mass is 10.2. The summed E-state index contributed by atoms with van der Waals surface area (Å²) in [6, 6.07) is 16.1. The molecule has 0 aliphatic heterocycles.